The van der Waals surface area contributed by atoms with Gasteiger partial charge in [0.1, 0.15) is 5.82 Å². The number of rotatable bonds is 7. The number of aryl methyl sites for hydroxylation is 1. The SMILES string of the molecule is CCNC(Cc1nc2ccccc2n1C)CC(C)(C)OC. The van der Waals surface area contributed by atoms with Crippen molar-refractivity contribution in [3.8, 4) is 0 Å². The molecule has 0 aliphatic rings. The number of aromatic nitrogens is 2. The summed E-state index contributed by atoms with van der Waals surface area (Å²) in [5.41, 5.74) is 2.13. The van der Waals surface area contributed by atoms with E-state index < -0.39 is 0 Å². The normalized spacial score (nSPS) is 13.8. The molecule has 21 heavy (non-hydrogen) atoms. The zero-order valence-corrected chi connectivity index (χ0v) is 13.8. The van der Waals surface area contributed by atoms with Gasteiger partial charge in [0.25, 0.3) is 0 Å². The van der Waals surface area contributed by atoms with Gasteiger partial charge in [-0.3, -0.25) is 0 Å². The Morgan fingerprint density at radius 2 is 2.05 bits per heavy atom. The first-order chi connectivity index (χ1) is 9.96. The molecule has 116 valence electrons. The van der Waals surface area contributed by atoms with Gasteiger partial charge in [0.05, 0.1) is 16.6 Å². The predicted octanol–water partition coefficient (Wildman–Crippen LogP) is 2.91. The molecule has 0 saturated heterocycles. The highest BCUT2D eigenvalue weighted by molar-refractivity contribution is 5.75. The van der Waals surface area contributed by atoms with Crippen LogP contribution in [0.5, 0.6) is 0 Å². The van der Waals surface area contributed by atoms with E-state index in [1.165, 1.54) is 5.52 Å². The van der Waals surface area contributed by atoms with Crippen molar-refractivity contribution in [2.75, 3.05) is 13.7 Å². The number of para-hydroxylation sites is 2. The van der Waals surface area contributed by atoms with Crippen LogP contribution >= 0.6 is 0 Å². The lowest BCUT2D eigenvalue weighted by Gasteiger charge is -2.29. The maximum atomic E-state index is 5.57. The lowest BCUT2D eigenvalue weighted by molar-refractivity contribution is 0.00708. The molecular formula is C17H27N3O. The summed E-state index contributed by atoms with van der Waals surface area (Å²) < 4.78 is 7.77. The van der Waals surface area contributed by atoms with Gasteiger partial charge in [0.15, 0.2) is 0 Å². The molecule has 1 atom stereocenters. The Kier molecular flexibility index (Phi) is 5.01. The van der Waals surface area contributed by atoms with Crippen LogP contribution in [0.1, 0.15) is 33.0 Å². The lowest BCUT2D eigenvalue weighted by atomic mass is 9.96. The van der Waals surface area contributed by atoms with E-state index in [-0.39, 0.29) is 5.60 Å². The number of imidazole rings is 1. The second kappa shape index (κ2) is 6.58. The van der Waals surface area contributed by atoms with Gasteiger partial charge in [-0.05, 0) is 38.9 Å². The van der Waals surface area contributed by atoms with E-state index in [2.05, 4.69) is 55.9 Å². The van der Waals surface area contributed by atoms with Crippen LogP contribution in [-0.2, 0) is 18.2 Å². The zero-order chi connectivity index (χ0) is 15.5. The van der Waals surface area contributed by atoms with Gasteiger partial charge in [-0.15, -0.1) is 0 Å². The van der Waals surface area contributed by atoms with E-state index >= 15 is 0 Å². The fourth-order valence-electron chi connectivity index (χ4n) is 2.78. The maximum Gasteiger partial charge on any atom is 0.111 e. The number of hydrogen-bond acceptors (Lipinski definition) is 3. The van der Waals surface area contributed by atoms with Gasteiger partial charge in [-0.25, -0.2) is 4.98 Å². The first-order valence-corrected chi connectivity index (χ1v) is 7.65. The number of benzene rings is 1. The molecule has 1 N–H and O–H groups in total. The highest BCUT2D eigenvalue weighted by Crippen LogP contribution is 2.20. The van der Waals surface area contributed by atoms with Crippen molar-refractivity contribution in [2.45, 2.75) is 45.3 Å². The maximum absolute atomic E-state index is 5.57. The Morgan fingerprint density at radius 1 is 1.33 bits per heavy atom. The predicted molar refractivity (Wildman–Crippen MR) is 87.6 cm³/mol. The van der Waals surface area contributed by atoms with Crippen molar-refractivity contribution in [3.05, 3.63) is 30.1 Å². The number of nitrogens with one attached hydrogen (secondary N) is 1. The van der Waals surface area contributed by atoms with Gasteiger partial charge in [-0.2, -0.15) is 0 Å². The van der Waals surface area contributed by atoms with Gasteiger partial charge >= 0.3 is 0 Å². The summed E-state index contributed by atoms with van der Waals surface area (Å²) >= 11 is 0. The average molecular weight is 289 g/mol. The Hall–Kier alpha value is -1.39. The summed E-state index contributed by atoms with van der Waals surface area (Å²) in [6.45, 7) is 7.36. The topological polar surface area (TPSA) is 39.1 Å². The molecule has 1 aromatic heterocycles. The molecule has 0 amide bonds. The molecule has 4 heteroatoms. The molecule has 0 aliphatic carbocycles. The molecule has 0 aliphatic heterocycles. The molecule has 1 unspecified atom stereocenters. The smallest absolute Gasteiger partial charge is 0.111 e. The van der Waals surface area contributed by atoms with Crippen LogP contribution in [0, 0.1) is 0 Å². The van der Waals surface area contributed by atoms with Crippen LogP contribution < -0.4 is 5.32 Å². The molecule has 0 bridgehead atoms. The summed E-state index contributed by atoms with van der Waals surface area (Å²) in [7, 11) is 3.87. The van der Waals surface area contributed by atoms with Crippen molar-refractivity contribution in [2.24, 2.45) is 7.05 Å². The van der Waals surface area contributed by atoms with Crippen molar-refractivity contribution in [1.82, 2.24) is 14.9 Å². The third-order valence-corrected chi connectivity index (χ3v) is 4.09. The Bertz CT molecular complexity index is 589. The van der Waals surface area contributed by atoms with Crippen molar-refractivity contribution < 1.29 is 4.74 Å². The van der Waals surface area contributed by atoms with E-state index in [1.807, 2.05) is 6.07 Å². The minimum absolute atomic E-state index is 0.128. The summed E-state index contributed by atoms with van der Waals surface area (Å²) in [6, 6.07) is 8.65. The third-order valence-electron chi connectivity index (χ3n) is 4.09. The summed E-state index contributed by atoms with van der Waals surface area (Å²) in [5, 5.41) is 3.56. The van der Waals surface area contributed by atoms with Crippen molar-refractivity contribution in [1.29, 1.82) is 0 Å². The fraction of sp³-hybridized carbons (Fsp3) is 0.588. The second-order valence-electron chi connectivity index (χ2n) is 6.20. The van der Waals surface area contributed by atoms with Crippen LogP contribution in [0.3, 0.4) is 0 Å². The molecule has 0 spiro atoms. The second-order valence-corrected chi connectivity index (χ2v) is 6.20. The highest BCUT2D eigenvalue weighted by Gasteiger charge is 2.24. The average Bonchev–Trinajstić information content (AvgIpc) is 2.76. The molecule has 0 radical (unpaired) electrons. The fourth-order valence-corrected chi connectivity index (χ4v) is 2.78. The highest BCUT2D eigenvalue weighted by atomic mass is 16.5. The van der Waals surface area contributed by atoms with Gasteiger partial charge in [0, 0.05) is 26.6 Å². The van der Waals surface area contributed by atoms with Crippen molar-refractivity contribution >= 4 is 11.0 Å². The van der Waals surface area contributed by atoms with Crippen LogP contribution in [0.15, 0.2) is 24.3 Å². The first-order valence-electron chi connectivity index (χ1n) is 7.65. The van der Waals surface area contributed by atoms with Gasteiger partial charge in [0.2, 0.25) is 0 Å². The van der Waals surface area contributed by atoms with Crippen LogP contribution in [0.25, 0.3) is 11.0 Å². The number of fused-ring (bicyclic) bond motifs is 1. The molecular weight excluding hydrogens is 262 g/mol. The standard InChI is InChI=1S/C17H27N3O/c1-6-18-13(12-17(2,3)21-5)11-16-19-14-9-7-8-10-15(14)20(16)4/h7-10,13,18H,6,11-12H2,1-5H3. The van der Waals surface area contributed by atoms with E-state index in [0.29, 0.717) is 6.04 Å². The molecule has 0 saturated carbocycles. The minimum atomic E-state index is -0.128. The summed E-state index contributed by atoms with van der Waals surface area (Å²) in [5.74, 6) is 1.12. The number of hydrogen-bond donors (Lipinski definition) is 1. The zero-order valence-electron chi connectivity index (χ0n) is 13.8. The van der Waals surface area contributed by atoms with Crippen LogP contribution in [-0.4, -0.2) is 34.8 Å². The minimum Gasteiger partial charge on any atom is -0.379 e. The number of ether oxygens (including phenoxy) is 1. The summed E-state index contributed by atoms with van der Waals surface area (Å²) in [6.07, 6.45) is 1.87. The molecule has 0 fully saturated rings. The van der Waals surface area contributed by atoms with Crippen LogP contribution in [0.2, 0.25) is 0 Å². The number of methoxy groups -OCH3 is 1. The Labute approximate surface area is 127 Å². The van der Waals surface area contributed by atoms with E-state index in [0.717, 1.165) is 30.7 Å². The van der Waals surface area contributed by atoms with Crippen LogP contribution in [0.4, 0.5) is 0 Å². The first kappa shape index (κ1) is 16.0. The number of nitrogens with zero attached hydrogens (tertiary/aromatic N) is 2. The van der Waals surface area contributed by atoms with Gasteiger partial charge in [-0.1, -0.05) is 19.1 Å². The van der Waals surface area contributed by atoms with E-state index in [1.54, 1.807) is 7.11 Å². The molecule has 1 aromatic carbocycles. The summed E-state index contributed by atoms with van der Waals surface area (Å²) in [4.78, 5) is 4.77. The quantitative estimate of drug-likeness (QED) is 0.852. The molecule has 4 nitrogen and oxygen atoms in total. The Balaban J connectivity index is 2.20. The van der Waals surface area contributed by atoms with Gasteiger partial charge < -0.3 is 14.6 Å². The number of likely N-dealkylation sites (N-methyl/N-ethyl adjacent to an activating group) is 1. The largest absolute Gasteiger partial charge is 0.379 e. The monoisotopic (exact) mass is 289 g/mol. The van der Waals surface area contributed by atoms with E-state index in [4.69, 9.17) is 9.72 Å². The third kappa shape index (κ3) is 3.83. The van der Waals surface area contributed by atoms with Crippen molar-refractivity contribution in [3.63, 3.8) is 0 Å². The lowest BCUT2D eigenvalue weighted by Crippen LogP contribution is -2.39. The molecule has 2 aromatic rings. The molecule has 1 heterocycles. The van der Waals surface area contributed by atoms with E-state index in [9.17, 15) is 0 Å². The Morgan fingerprint density at radius 3 is 2.67 bits per heavy atom. The molecule has 2 rings (SSSR count).